The van der Waals surface area contributed by atoms with Gasteiger partial charge in [-0.3, -0.25) is 0 Å². The van der Waals surface area contributed by atoms with Crippen LogP contribution in [-0.4, -0.2) is 70.7 Å². The van der Waals surface area contributed by atoms with Gasteiger partial charge in [0.1, 0.15) is 0 Å². The Morgan fingerprint density at radius 1 is 0.762 bits per heavy atom. The largest absolute Gasteiger partial charge is 0.456 e. The van der Waals surface area contributed by atoms with Gasteiger partial charge in [0.05, 0.1) is 39.6 Å². The first kappa shape index (κ1) is 21.2. The van der Waals surface area contributed by atoms with E-state index in [1.165, 1.54) is 0 Å². The van der Waals surface area contributed by atoms with E-state index in [9.17, 15) is 0 Å². The second kappa shape index (κ2) is 13.9. The molecule has 0 amide bonds. The Labute approximate surface area is 133 Å². The van der Waals surface area contributed by atoms with Gasteiger partial charge in [0.25, 0.3) is 0 Å². The molecule has 0 aromatic carbocycles. The highest BCUT2D eigenvalue weighted by Crippen LogP contribution is 2.14. The molecule has 0 heterocycles. The lowest BCUT2D eigenvalue weighted by Crippen LogP contribution is -2.35. The van der Waals surface area contributed by atoms with Gasteiger partial charge in [-0.25, -0.2) is 0 Å². The van der Waals surface area contributed by atoms with Gasteiger partial charge >= 0.3 is 0 Å². The zero-order chi connectivity index (χ0) is 16.0. The zero-order valence-corrected chi connectivity index (χ0v) is 16.4. The van der Waals surface area contributed by atoms with Crippen LogP contribution in [0.25, 0.3) is 0 Å². The lowest BCUT2D eigenvalue weighted by molar-refractivity contribution is 0.00372. The molecule has 1 radical (unpaired) electrons. The summed E-state index contributed by atoms with van der Waals surface area (Å²) in [5, 5.41) is 0. The molecule has 0 unspecified atom stereocenters. The molecule has 7 heteroatoms. The number of methoxy groups -OCH3 is 1. The van der Waals surface area contributed by atoms with Crippen LogP contribution in [0.3, 0.4) is 0 Å². The SMILES string of the molecule is COCCOCCOCCOCCC[Si](C)(C)O[Si](C)C. The Hall–Kier alpha value is 0.234. The van der Waals surface area contributed by atoms with Crippen molar-refractivity contribution in [3.05, 3.63) is 0 Å². The molecule has 0 aliphatic heterocycles. The van der Waals surface area contributed by atoms with E-state index in [-0.39, 0.29) is 0 Å². The maximum absolute atomic E-state index is 6.08. The minimum Gasteiger partial charge on any atom is -0.456 e. The van der Waals surface area contributed by atoms with Gasteiger partial charge in [-0.15, -0.1) is 0 Å². The first-order valence-electron chi connectivity index (χ1n) is 7.69. The van der Waals surface area contributed by atoms with Gasteiger partial charge < -0.3 is 23.1 Å². The van der Waals surface area contributed by atoms with E-state index >= 15 is 0 Å². The first-order chi connectivity index (χ1) is 9.98. The van der Waals surface area contributed by atoms with Gasteiger partial charge in [0, 0.05) is 13.7 Å². The molecule has 0 aromatic rings. The van der Waals surface area contributed by atoms with E-state index in [1.54, 1.807) is 7.11 Å². The van der Waals surface area contributed by atoms with E-state index in [1.807, 2.05) is 0 Å². The monoisotopic (exact) mass is 337 g/mol. The molecule has 0 saturated heterocycles. The molecule has 21 heavy (non-hydrogen) atoms. The summed E-state index contributed by atoms with van der Waals surface area (Å²) >= 11 is 0. The molecule has 0 fully saturated rings. The van der Waals surface area contributed by atoms with E-state index < -0.39 is 17.4 Å². The lowest BCUT2D eigenvalue weighted by atomic mass is 10.5. The zero-order valence-electron chi connectivity index (χ0n) is 14.4. The summed E-state index contributed by atoms with van der Waals surface area (Å²) in [6, 6.07) is 1.16. The molecule has 0 saturated carbocycles. The van der Waals surface area contributed by atoms with E-state index in [4.69, 9.17) is 23.1 Å². The van der Waals surface area contributed by atoms with Crippen molar-refractivity contribution in [1.29, 1.82) is 0 Å². The summed E-state index contributed by atoms with van der Waals surface area (Å²) in [4.78, 5) is 0. The number of hydrogen-bond acceptors (Lipinski definition) is 5. The topological polar surface area (TPSA) is 46.2 Å². The molecule has 5 nitrogen and oxygen atoms in total. The van der Waals surface area contributed by atoms with Gasteiger partial charge in [0.15, 0.2) is 17.4 Å². The molecule has 0 bridgehead atoms. The molecule has 0 rings (SSSR count). The van der Waals surface area contributed by atoms with Gasteiger partial charge in [-0.2, -0.15) is 0 Å². The molecule has 0 N–H and O–H groups in total. The summed E-state index contributed by atoms with van der Waals surface area (Å²) in [6.45, 7) is 13.5. The molecular formula is C14H33O5Si2. The predicted molar refractivity (Wildman–Crippen MR) is 89.8 cm³/mol. The van der Waals surface area contributed by atoms with Crippen molar-refractivity contribution in [3.63, 3.8) is 0 Å². The van der Waals surface area contributed by atoms with E-state index in [0.29, 0.717) is 39.6 Å². The third kappa shape index (κ3) is 16.4. The van der Waals surface area contributed by atoms with Crippen molar-refractivity contribution in [1.82, 2.24) is 0 Å². The van der Waals surface area contributed by atoms with Crippen LogP contribution in [0.1, 0.15) is 6.42 Å². The first-order valence-corrected chi connectivity index (χ1v) is 13.2. The average molecular weight is 338 g/mol. The van der Waals surface area contributed by atoms with Crippen molar-refractivity contribution in [2.45, 2.75) is 38.7 Å². The van der Waals surface area contributed by atoms with Crippen LogP contribution in [0.5, 0.6) is 0 Å². The third-order valence-corrected chi connectivity index (χ3v) is 8.12. The van der Waals surface area contributed by atoms with Gasteiger partial charge in [0.2, 0.25) is 0 Å². The minimum absolute atomic E-state index is 0.576. The molecule has 0 aliphatic rings. The molecule has 0 atom stereocenters. The quantitative estimate of drug-likeness (QED) is 0.339. The Kier molecular flexibility index (Phi) is 14.0. The average Bonchev–Trinajstić information content (AvgIpc) is 2.38. The summed E-state index contributed by atoms with van der Waals surface area (Å²) in [7, 11) is -0.368. The predicted octanol–water partition coefficient (Wildman–Crippen LogP) is 2.55. The van der Waals surface area contributed by atoms with Crippen LogP contribution >= 0.6 is 0 Å². The Morgan fingerprint density at radius 2 is 1.24 bits per heavy atom. The Morgan fingerprint density at radius 3 is 1.71 bits per heavy atom. The van der Waals surface area contributed by atoms with Crippen LogP contribution < -0.4 is 0 Å². The second-order valence-corrected chi connectivity index (χ2v) is 12.4. The van der Waals surface area contributed by atoms with Crippen molar-refractivity contribution in [3.8, 4) is 0 Å². The molecule has 127 valence electrons. The fourth-order valence-corrected chi connectivity index (χ4v) is 7.71. The van der Waals surface area contributed by atoms with Gasteiger partial charge in [-0.05, 0) is 38.7 Å². The Balaban J connectivity index is 3.22. The highest BCUT2D eigenvalue weighted by molar-refractivity contribution is 6.77. The summed E-state index contributed by atoms with van der Waals surface area (Å²) < 4.78 is 27.2. The van der Waals surface area contributed by atoms with Crippen LogP contribution in [0.15, 0.2) is 0 Å². The van der Waals surface area contributed by atoms with Crippen molar-refractivity contribution in [2.75, 3.05) is 53.4 Å². The number of hydrogen-bond donors (Lipinski definition) is 0. The fraction of sp³-hybridized carbons (Fsp3) is 1.00. The minimum atomic E-state index is -1.46. The molecule has 0 aromatic heterocycles. The van der Waals surface area contributed by atoms with Crippen LogP contribution in [0.4, 0.5) is 0 Å². The van der Waals surface area contributed by atoms with Crippen LogP contribution in [0, 0.1) is 0 Å². The third-order valence-electron chi connectivity index (χ3n) is 2.72. The lowest BCUT2D eigenvalue weighted by Gasteiger charge is -2.25. The Bertz CT molecular complexity index is 227. The van der Waals surface area contributed by atoms with E-state index in [2.05, 4.69) is 26.2 Å². The standard InChI is InChI=1S/C14H33O5Si2/c1-15-8-9-17-12-13-18-11-10-16-7-6-14-21(4,5)19-20(2)3/h6-14H2,1-5H3. The maximum Gasteiger partial charge on any atom is 0.191 e. The summed E-state index contributed by atoms with van der Waals surface area (Å²) in [6.07, 6.45) is 1.08. The molecular weight excluding hydrogens is 304 g/mol. The highest BCUT2D eigenvalue weighted by Gasteiger charge is 2.23. The number of ether oxygens (including phenoxy) is 4. The van der Waals surface area contributed by atoms with Crippen LogP contribution in [0.2, 0.25) is 32.2 Å². The normalized spacial score (nSPS) is 12.3. The van der Waals surface area contributed by atoms with Crippen molar-refractivity contribution in [2.24, 2.45) is 0 Å². The van der Waals surface area contributed by atoms with Crippen molar-refractivity contribution >= 4 is 17.4 Å². The van der Waals surface area contributed by atoms with Crippen molar-refractivity contribution < 1.29 is 23.1 Å². The summed E-state index contributed by atoms with van der Waals surface area (Å²) in [5.74, 6) is 0. The van der Waals surface area contributed by atoms with Gasteiger partial charge in [-0.1, -0.05) is 0 Å². The molecule has 0 aliphatic carbocycles. The second-order valence-electron chi connectivity index (χ2n) is 5.70. The van der Waals surface area contributed by atoms with Crippen LogP contribution in [-0.2, 0) is 23.1 Å². The maximum atomic E-state index is 6.08. The molecule has 0 spiro atoms. The smallest absolute Gasteiger partial charge is 0.191 e. The highest BCUT2D eigenvalue weighted by atomic mass is 28.4. The fourth-order valence-electron chi connectivity index (χ4n) is 1.89. The number of rotatable bonds is 15. The van der Waals surface area contributed by atoms with E-state index in [0.717, 1.165) is 19.1 Å². The summed E-state index contributed by atoms with van der Waals surface area (Å²) in [5.41, 5.74) is 0.